The number of amides is 3. The molecule has 1 fully saturated rings. The van der Waals surface area contributed by atoms with E-state index in [1.165, 1.54) is 22.0 Å². The molecule has 4 aromatic rings. The summed E-state index contributed by atoms with van der Waals surface area (Å²) in [5, 5.41) is 31.1. The van der Waals surface area contributed by atoms with Crippen molar-refractivity contribution in [3.05, 3.63) is 94.8 Å². The zero-order valence-electron chi connectivity index (χ0n) is 32.4. The molecule has 0 radical (unpaired) electrons. The Kier molecular flexibility index (Phi) is 12.9. The standard InChI is InChI=1S/C38H44F2N10O6.BrH/c1-24-15-27(16-25(2)34(24)55-33(51)18-41-35(52)56-37(4,5)6)19-46-22-43-47(23-46)20-38(54,31-12-7-28(39)17-32(31)40)26(3)48-13-14-49(36(48)53)29-8-10-30(11-9-29)50-21-42-44-45-50;/h7-12,15-17,21-22,26,54H,13-14,18-20,23H2,1-6H3,(H,41,52);1H/t26-,38-;/m1./s1. The van der Waals surface area contributed by atoms with Gasteiger partial charge in [-0.05, 0) is 105 Å². The van der Waals surface area contributed by atoms with Gasteiger partial charge in [-0.25, -0.2) is 27.8 Å². The number of esters is 1. The largest absolute Gasteiger partial charge is 1.00 e. The van der Waals surface area contributed by atoms with Gasteiger partial charge in [-0.1, -0.05) is 17.2 Å². The van der Waals surface area contributed by atoms with Crippen LogP contribution < -0.4 is 36.9 Å². The number of hydrogen-bond donors (Lipinski definition) is 3. The SMILES string of the molecule is Cc1cc(CN2C=N[NH+](C[C@](O)(c3ccc(F)cc3F)[C@@H](C)N3CCN(c4ccc(-n5cnnn5)cc4)C3=O)C2)cc(C)c1OC(=O)CNC(=O)OC(C)(C)C.[Br-]. The number of anilines is 1. The monoisotopic (exact) mass is 854 g/mol. The molecule has 3 amide bonds. The van der Waals surface area contributed by atoms with Crippen LogP contribution in [0.3, 0.4) is 0 Å². The van der Waals surface area contributed by atoms with E-state index < -0.39 is 40.9 Å². The van der Waals surface area contributed by atoms with Gasteiger partial charge >= 0.3 is 18.1 Å². The maximum Gasteiger partial charge on any atom is 0.408 e. The highest BCUT2D eigenvalue weighted by molar-refractivity contribution is 5.94. The zero-order valence-corrected chi connectivity index (χ0v) is 34.0. The molecular formula is C38H45BrF2N10O6. The van der Waals surface area contributed by atoms with Crippen LogP contribution >= 0.6 is 0 Å². The second-order valence-electron chi connectivity index (χ2n) is 14.9. The molecule has 6 rings (SSSR count). The Morgan fingerprint density at radius 1 is 1.02 bits per heavy atom. The second-order valence-corrected chi connectivity index (χ2v) is 14.9. The van der Waals surface area contributed by atoms with Gasteiger partial charge in [0, 0.05) is 37.0 Å². The smallest absolute Gasteiger partial charge is 0.408 e. The average molecular weight is 856 g/mol. The molecule has 3 aromatic carbocycles. The molecule has 2 aliphatic heterocycles. The maximum absolute atomic E-state index is 15.5. The summed E-state index contributed by atoms with van der Waals surface area (Å²) in [6, 6.07) is 12.5. The number of carbonyl (C=O) groups excluding carboxylic acids is 3. The van der Waals surface area contributed by atoms with Crippen molar-refractivity contribution in [1.82, 2.24) is 35.3 Å². The molecule has 304 valence electrons. The molecule has 1 saturated heterocycles. The number of ether oxygens (including phenoxy) is 2. The fourth-order valence-electron chi connectivity index (χ4n) is 6.91. The number of nitrogens with zero attached hydrogens (tertiary/aromatic N) is 8. The van der Waals surface area contributed by atoms with E-state index in [1.807, 2.05) is 17.0 Å². The lowest BCUT2D eigenvalue weighted by atomic mass is 9.85. The summed E-state index contributed by atoms with van der Waals surface area (Å²) in [7, 11) is 0. The number of halogens is 3. The number of alkyl carbamates (subject to hydrolysis) is 1. The van der Waals surface area contributed by atoms with E-state index in [9.17, 15) is 23.9 Å². The lowest BCUT2D eigenvalue weighted by Crippen LogP contribution is -3.09. The van der Waals surface area contributed by atoms with Crippen LogP contribution in [0.25, 0.3) is 5.69 Å². The predicted molar refractivity (Wildman–Crippen MR) is 199 cm³/mol. The number of quaternary nitrogens is 1. The van der Waals surface area contributed by atoms with Gasteiger partial charge in [-0.2, -0.15) is 5.01 Å². The minimum atomic E-state index is -1.98. The summed E-state index contributed by atoms with van der Waals surface area (Å²) < 4.78 is 41.8. The number of aromatic nitrogens is 4. The van der Waals surface area contributed by atoms with E-state index in [4.69, 9.17) is 9.47 Å². The van der Waals surface area contributed by atoms with Crippen LogP contribution in [0, 0.1) is 25.5 Å². The zero-order chi connectivity index (χ0) is 40.4. The summed E-state index contributed by atoms with van der Waals surface area (Å²) in [6.45, 7) is 11.2. The number of tetrazole rings is 1. The van der Waals surface area contributed by atoms with Gasteiger partial charge in [0.05, 0.1) is 11.7 Å². The van der Waals surface area contributed by atoms with Crippen LogP contribution in [0.15, 0.2) is 66.0 Å². The number of carbonyl (C=O) groups is 3. The van der Waals surface area contributed by atoms with Crippen LogP contribution in [0.4, 0.5) is 24.1 Å². The minimum Gasteiger partial charge on any atom is -1.00 e. The van der Waals surface area contributed by atoms with Crippen LogP contribution in [-0.2, 0) is 21.7 Å². The van der Waals surface area contributed by atoms with Gasteiger partial charge in [0.15, 0.2) is 18.6 Å². The normalized spacial score (nSPS) is 17.0. The summed E-state index contributed by atoms with van der Waals surface area (Å²) in [6.07, 6.45) is 2.36. The summed E-state index contributed by atoms with van der Waals surface area (Å²) in [5.41, 5.74) is 0.781. The van der Waals surface area contributed by atoms with Crippen LogP contribution in [0.2, 0.25) is 0 Å². The topological polar surface area (TPSA) is 172 Å². The Morgan fingerprint density at radius 2 is 1.70 bits per heavy atom. The molecule has 0 saturated carbocycles. The highest BCUT2D eigenvalue weighted by Crippen LogP contribution is 2.33. The van der Waals surface area contributed by atoms with E-state index in [2.05, 4.69) is 25.9 Å². The van der Waals surface area contributed by atoms with E-state index in [1.54, 1.807) is 77.0 Å². The first-order valence-corrected chi connectivity index (χ1v) is 18.0. The Labute approximate surface area is 338 Å². The number of benzene rings is 3. The van der Waals surface area contributed by atoms with Gasteiger partial charge in [0.25, 0.3) is 0 Å². The van der Waals surface area contributed by atoms with Crippen molar-refractivity contribution in [2.24, 2.45) is 5.10 Å². The molecule has 0 spiro atoms. The number of aliphatic hydroxyl groups is 1. The molecule has 1 unspecified atom stereocenters. The van der Waals surface area contributed by atoms with E-state index >= 15 is 4.39 Å². The van der Waals surface area contributed by atoms with E-state index in [-0.39, 0.29) is 54.9 Å². The highest BCUT2D eigenvalue weighted by atomic mass is 79.9. The second kappa shape index (κ2) is 17.3. The number of hydrogen-bond acceptors (Lipinski definition) is 11. The number of urea groups is 1. The third-order valence-electron chi connectivity index (χ3n) is 9.53. The molecule has 3 N–H and O–H groups in total. The molecule has 16 nitrogen and oxygen atoms in total. The van der Waals surface area contributed by atoms with Crippen molar-refractivity contribution < 1.29 is 59.7 Å². The summed E-state index contributed by atoms with van der Waals surface area (Å²) in [4.78, 5) is 43.3. The molecule has 2 aliphatic rings. The lowest BCUT2D eigenvalue weighted by Gasteiger charge is -2.39. The number of rotatable bonds is 12. The van der Waals surface area contributed by atoms with Crippen LogP contribution in [-0.4, -0.2) is 104 Å². The molecule has 1 aromatic heterocycles. The highest BCUT2D eigenvalue weighted by Gasteiger charge is 2.49. The summed E-state index contributed by atoms with van der Waals surface area (Å²) in [5.74, 6) is -2.01. The van der Waals surface area contributed by atoms with Crippen LogP contribution in [0.5, 0.6) is 5.75 Å². The average Bonchev–Trinajstić information content (AvgIpc) is 3.90. The lowest BCUT2D eigenvalue weighted by molar-refractivity contribution is -0.915. The van der Waals surface area contributed by atoms with E-state index in [0.29, 0.717) is 46.3 Å². The fourth-order valence-corrected chi connectivity index (χ4v) is 6.91. The number of nitrogens with one attached hydrogen (secondary N) is 2. The van der Waals surface area contributed by atoms with Crippen molar-refractivity contribution in [2.45, 2.75) is 65.3 Å². The van der Waals surface area contributed by atoms with Crippen molar-refractivity contribution >= 4 is 30.1 Å². The van der Waals surface area contributed by atoms with Gasteiger partial charge in [-0.15, -0.1) is 5.10 Å². The first-order chi connectivity index (χ1) is 26.5. The van der Waals surface area contributed by atoms with Crippen molar-refractivity contribution in [2.75, 3.05) is 37.7 Å². The Hall–Kier alpha value is -5.53. The predicted octanol–water partition coefficient (Wildman–Crippen LogP) is -0.189. The molecule has 3 heterocycles. The van der Waals surface area contributed by atoms with Gasteiger partial charge in [0.2, 0.25) is 0 Å². The number of aryl methyl sites for hydroxylation is 2. The molecule has 0 aliphatic carbocycles. The fraction of sp³-hybridized carbons (Fsp3) is 0.395. The third kappa shape index (κ3) is 9.89. The van der Waals surface area contributed by atoms with Gasteiger partial charge in [-0.3, -0.25) is 4.90 Å². The first-order valence-electron chi connectivity index (χ1n) is 18.0. The Morgan fingerprint density at radius 3 is 2.33 bits per heavy atom. The Balaban J connectivity index is 0.00000620. The van der Waals surface area contributed by atoms with Crippen molar-refractivity contribution in [1.29, 1.82) is 0 Å². The van der Waals surface area contributed by atoms with E-state index in [0.717, 1.165) is 17.7 Å². The van der Waals surface area contributed by atoms with Crippen LogP contribution in [0.1, 0.15) is 49.9 Å². The van der Waals surface area contributed by atoms with Crippen molar-refractivity contribution in [3.63, 3.8) is 0 Å². The maximum atomic E-state index is 15.5. The quantitative estimate of drug-likeness (QED) is 0.128. The molecular weight excluding hydrogens is 810 g/mol. The first kappa shape index (κ1) is 42.6. The molecule has 57 heavy (non-hydrogen) atoms. The molecule has 0 bridgehead atoms. The molecule has 19 heteroatoms. The van der Waals surface area contributed by atoms with Gasteiger partial charge < -0.3 is 46.7 Å². The molecule has 3 atom stereocenters. The third-order valence-corrected chi connectivity index (χ3v) is 9.53. The van der Waals surface area contributed by atoms with Gasteiger partial charge in [0.1, 0.15) is 42.4 Å². The summed E-state index contributed by atoms with van der Waals surface area (Å²) >= 11 is 0. The Bertz CT molecular complexity index is 2090. The van der Waals surface area contributed by atoms with Crippen molar-refractivity contribution in [3.8, 4) is 11.4 Å². The minimum absolute atomic E-state index is 0.